The second-order valence-corrected chi connectivity index (χ2v) is 4.92. The molecule has 1 aliphatic heterocycles. The zero-order chi connectivity index (χ0) is 13.8. The van der Waals surface area contributed by atoms with Gasteiger partial charge in [0.1, 0.15) is 5.75 Å². The quantitative estimate of drug-likeness (QED) is 0.942. The van der Waals surface area contributed by atoms with Crippen molar-refractivity contribution >= 4 is 12.4 Å². The summed E-state index contributed by atoms with van der Waals surface area (Å²) in [6, 6.07) is 18.4. The van der Waals surface area contributed by atoms with Crippen LogP contribution in [0.3, 0.4) is 0 Å². The average Bonchev–Trinajstić information content (AvgIpc) is 2.53. The number of halogens is 1. The summed E-state index contributed by atoms with van der Waals surface area (Å²) in [4.78, 5) is 0. The van der Waals surface area contributed by atoms with Crippen molar-refractivity contribution in [1.82, 2.24) is 5.32 Å². The number of nitriles is 1. The van der Waals surface area contributed by atoms with Gasteiger partial charge < -0.3 is 10.1 Å². The van der Waals surface area contributed by atoms with Crippen molar-refractivity contribution in [3.63, 3.8) is 0 Å². The molecule has 0 saturated carbocycles. The molecule has 3 rings (SSSR count). The smallest absolute Gasteiger partial charge is 0.124 e. The number of ether oxygens (including phenoxy) is 1. The highest BCUT2D eigenvalue weighted by Gasteiger charge is 2.20. The predicted octanol–water partition coefficient (Wildman–Crippen LogP) is 3.59. The Morgan fingerprint density at radius 1 is 1.19 bits per heavy atom. The molecule has 0 spiro atoms. The zero-order valence-electron chi connectivity index (χ0n) is 11.6. The molecule has 0 saturated heterocycles. The van der Waals surface area contributed by atoms with Crippen molar-refractivity contribution in [3.8, 4) is 11.8 Å². The van der Waals surface area contributed by atoms with Crippen LogP contribution in [0.5, 0.6) is 5.75 Å². The molecular weight excluding hydrogens is 284 g/mol. The van der Waals surface area contributed by atoms with Crippen molar-refractivity contribution in [1.29, 1.82) is 5.26 Å². The topological polar surface area (TPSA) is 45.0 Å². The van der Waals surface area contributed by atoms with E-state index in [9.17, 15) is 0 Å². The van der Waals surface area contributed by atoms with E-state index < -0.39 is 0 Å². The van der Waals surface area contributed by atoms with Crippen LogP contribution in [0, 0.1) is 11.3 Å². The van der Waals surface area contributed by atoms with Crippen LogP contribution in [0.15, 0.2) is 48.5 Å². The average molecular weight is 301 g/mol. The van der Waals surface area contributed by atoms with Crippen LogP contribution in [-0.4, -0.2) is 6.61 Å². The lowest BCUT2D eigenvalue weighted by Crippen LogP contribution is -2.26. The minimum atomic E-state index is 0. The number of nitrogens with one attached hydrogen (secondary N) is 1. The fourth-order valence-electron chi connectivity index (χ4n) is 2.55. The molecular formula is C17H17ClN2O. The van der Waals surface area contributed by atoms with E-state index in [1.807, 2.05) is 42.5 Å². The summed E-state index contributed by atoms with van der Waals surface area (Å²) >= 11 is 0. The third-order valence-corrected chi connectivity index (χ3v) is 3.57. The van der Waals surface area contributed by atoms with Gasteiger partial charge in [-0.05, 0) is 23.8 Å². The third kappa shape index (κ3) is 3.55. The summed E-state index contributed by atoms with van der Waals surface area (Å²) in [5.74, 6) is 0.974. The Morgan fingerprint density at radius 3 is 2.90 bits per heavy atom. The van der Waals surface area contributed by atoms with Gasteiger partial charge in [0, 0.05) is 24.6 Å². The normalized spacial score (nSPS) is 16.0. The van der Waals surface area contributed by atoms with Crippen LogP contribution in [0.25, 0.3) is 0 Å². The highest BCUT2D eigenvalue weighted by atomic mass is 35.5. The molecule has 1 N–H and O–H groups in total. The van der Waals surface area contributed by atoms with Crippen molar-refractivity contribution in [2.45, 2.75) is 19.0 Å². The summed E-state index contributed by atoms with van der Waals surface area (Å²) in [5.41, 5.74) is 3.06. The molecule has 4 heteroatoms. The summed E-state index contributed by atoms with van der Waals surface area (Å²) in [6.45, 7) is 1.50. The van der Waals surface area contributed by atoms with Crippen LogP contribution in [0.4, 0.5) is 0 Å². The Morgan fingerprint density at radius 2 is 2.05 bits per heavy atom. The monoisotopic (exact) mass is 300 g/mol. The highest BCUT2D eigenvalue weighted by Crippen LogP contribution is 2.31. The molecule has 2 aromatic rings. The zero-order valence-corrected chi connectivity index (χ0v) is 12.4. The van der Waals surface area contributed by atoms with Crippen LogP contribution in [0.2, 0.25) is 0 Å². The standard InChI is InChI=1S/C17H16N2O.ClH/c18-11-13-4-3-5-14(10-13)12-19-16-8-9-20-17-7-2-1-6-15(16)17;/h1-7,10,16,19H,8-9,12H2;1H. The fourth-order valence-corrected chi connectivity index (χ4v) is 2.55. The molecule has 108 valence electrons. The Kier molecular flexibility index (Phi) is 5.21. The van der Waals surface area contributed by atoms with Gasteiger partial charge in [-0.2, -0.15) is 5.26 Å². The molecule has 1 aliphatic rings. The van der Waals surface area contributed by atoms with Crippen LogP contribution in [0.1, 0.15) is 29.2 Å². The molecule has 0 radical (unpaired) electrons. The van der Waals surface area contributed by atoms with Gasteiger partial charge in [-0.1, -0.05) is 30.3 Å². The lowest BCUT2D eigenvalue weighted by Gasteiger charge is -2.26. The van der Waals surface area contributed by atoms with Crippen molar-refractivity contribution < 1.29 is 4.74 Å². The summed E-state index contributed by atoms with van der Waals surface area (Å²) in [7, 11) is 0. The number of hydrogen-bond donors (Lipinski definition) is 1. The Bertz CT molecular complexity index is 651. The highest BCUT2D eigenvalue weighted by molar-refractivity contribution is 5.85. The largest absolute Gasteiger partial charge is 0.493 e. The SMILES string of the molecule is Cl.N#Cc1cccc(CNC2CCOc3ccccc32)c1. The molecule has 0 amide bonds. The number of hydrogen-bond acceptors (Lipinski definition) is 3. The number of rotatable bonds is 3. The van der Waals surface area contributed by atoms with Gasteiger partial charge in [0.05, 0.1) is 18.2 Å². The molecule has 1 unspecified atom stereocenters. The van der Waals surface area contributed by atoms with Gasteiger partial charge in [0.2, 0.25) is 0 Å². The molecule has 0 bridgehead atoms. The second kappa shape index (κ2) is 7.12. The maximum atomic E-state index is 8.92. The Labute approximate surface area is 131 Å². The second-order valence-electron chi connectivity index (χ2n) is 4.92. The molecule has 0 aromatic heterocycles. The van der Waals surface area contributed by atoms with E-state index in [2.05, 4.69) is 17.5 Å². The van der Waals surface area contributed by atoms with Gasteiger partial charge in [0.25, 0.3) is 0 Å². The first-order chi connectivity index (χ1) is 9.86. The maximum Gasteiger partial charge on any atom is 0.124 e. The summed E-state index contributed by atoms with van der Waals surface area (Å²) in [6.07, 6.45) is 0.967. The molecule has 1 heterocycles. The first-order valence-electron chi connectivity index (χ1n) is 6.81. The molecule has 0 aliphatic carbocycles. The van der Waals surface area contributed by atoms with Crippen LogP contribution >= 0.6 is 12.4 Å². The van der Waals surface area contributed by atoms with Gasteiger partial charge in [0.15, 0.2) is 0 Å². The van der Waals surface area contributed by atoms with E-state index in [4.69, 9.17) is 10.00 Å². The molecule has 21 heavy (non-hydrogen) atoms. The first-order valence-corrected chi connectivity index (χ1v) is 6.81. The Hall–Kier alpha value is -2.02. The lowest BCUT2D eigenvalue weighted by atomic mass is 10.00. The van der Waals surface area contributed by atoms with E-state index in [0.717, 1.165) is 30.9 Å². The first kappa shape index (κ1) is 15.4. The molecule has 3 nitrogen and oxygen atoms in total. The molecule has 0 fully saturated rings. The predicted molar refractivity (Wildman–Crippen MR) is 84.5 cm³/mol. The fraction of sp³-hybridized carbons (Fsp3) is 0.235. The minimum Gasteiger partial charge on any atom is -0.493 e. The van der Waals surface area contributed by atoms with Crippen molar-refractivity contribution in [3.05, 3.63) is 65.2 Å². The van der Waals surface area contributed by atoms with E-state index in [1.165, 1.54) is 5.56 Å². The van der Waals surface area contributed by atoms with Gasteiger partial charge in [-0.25, -0.2) is 0 Å². The van der Waals surface area contributed by atoms with Gasteiger partial charge in [-0.15, -0.1) is 12.4 Å². The Balaban J connectivity index is 0.00000161. The number of para-hydroxylation sites is 1. The number of nitrogens with zero attached hydrogens (tertiary/aromatic N) is 1. The summed E-state index contributed by atoms with van der Waals surface area (Å²) in [5, 5.41) is 12.5. The lowest BCUT2D eigenvalue weighted by molar-refractivity contribution is 0.252. The van der Waals surface area contributed by atoms with Gasteiger partial charge >= 0.3 is 0 Å². The van der Waals surface area contributed by atoms with E-state index in [0.29, 0.717) is 11.6 Å². The van der Waals surface area contributed by atoms with E-state index in [-0.39, 0.29) is 12.4 Å². The molecule has 1 atom stereocenters. The third-order valence-electron chi connectivity index (χ3n) is 3.57. The maximum absolute atomic E-state index is 8.92. The number of fused-ring (bicyclic) bond motifs is 1. The van der Waals surface area contributed by atoms with Crippen molar-refractivity contribution in [2.24, 2.45) is 0 Å². The van der Waals surface area contributed by atoms with Crippen LogP contribution < -0.4 is 10.1 Å². The summed E-state index contributed by atoms with van der Waals surface area (Å²) < 4.78 is 5.66. The van der Waals surface area contributed by atoms with Crippen LogP contribution in [-0.2, 0) is 6.54 Å². The molecule has 2 aromatic carbocycles. The van der Waals surface area contributed by atoms with Gasteiger partial charge in [-0.3, -0.25) is 0 Å². The van der Waals surface area contributed by atoms with Crippen molar-refractivity contribution in [2.75, 3.05) is 6.61 Å². The van der Waals surface area contributed by atoms with E-state index >= 15 is 0 Å². The van der Waals surface area contributed by atoms with E-state index in [1.54, 1.807) is 0 Å². The minimum absolute atomic E-state index is 0. The number of benzene rings is 2.